The molecule has 0 spiro atoms. The van der Waals surface area contributed by atoms with Gasteiger partial charge in [0, 0.05) is 45.1 Å². The van der Waals surface area contributed by atoms with E-state index in [2.05, 4.69) is 20.6 Å². The normalized spacial score (nSPS) is 15.4. The molecule has 1 aliphatic rings. The van der Waals surface area contributed by atoms with Gasteiger partial charge in [0.2, 0.25) is 0 Å². The first-order valence-electron chi connectivity index (χ1n) is 9.92. The van der Waals surface area contributed by atoms with Crippen LogP contribution in [0.5, 0.6) is 5.75 Å². The number of amides is 1. The van der Waals surface area contributed by atoms with Crippen LogP contribution in [0.2, 0.25) is 5.02 Å². The SMILES string of the molecule is COCC[C@@H]1CNC(=O)c2c(Nc3cccc(Cl)c3OC)c(-c3ccncn3)n(C)c21. The average molecular weight is 442 g/mol. The van der Waals surface area contributed by atoms with Crippen LogP contribution in [0.1, 0.15) is 28.4 Å². The van der Waals surface area contributed by atoms with Gasteiger partial charge in [0.25, 0.3) is 5.91 Å². The van der Waals surface area contributed by atoms with Crippen LogP contribution in [0.25, 0.3) is 11.4 Å². The van der Waals surface area contributed by atoms with Gasteiger partial charge in [0.1, 0.15) is 6.33 Å². The standard InChI is InChI=1S/C22H24ClN5O3/c1-28-19-13(8-10-30-2)11-25-22(29)17(19)18(20(28)15-7-9-24-12-26-15)27-16-6-4-5-14(23)21(16)31-3/h4-7,9,12-13,27H,8,10-11H2,1-3H3,(H,25,29)/t13-/m1/s1. The third-order valence-corrected chi connectivity index (χ3v) is 5.79. The maximum absolute atomic E-state index is 13.0. The van der Waals surface area contributed by atoms with Crippen molar-refractivity contribution < 1.29 is 14.3 Å². The van der Waals surface area contributed by atoms with Crippen LogP contribution in [0, 0.1) is 0 Å². The Balaban J connectivity index is 1.93. The predicted molar refractivity (Wildman–Crippen MR) is 119 cm³/mol. The Labute approximate surface area is 185 Å². The van der Waals surface area contributed by atoms with E-state index in [1.165, 1.54) is 6.33 Å². The lowest BCUT2D eigenvalue weighted by molar-refractivity contribution is 0.0934. The zero-order valence-electron chi connectivity index (χ0n) is 17.6. The Hall–Kier alpha value is -3.10. The van der Waals surface area contributed by atoms with Gasteiger partial charge in [0.15, 0.2) is 5.75 Å². The molecule has 2 N–H and O–H groups in total. The van der Waals surface area contributed by atoms with Gasteiger partial charge in [-0.25, -0.2) is 9.97 Å². The number of hydrogen-bond donors (Lipinski definition) is 2. The summed E-state index contributed by atoms with van der Waals surface area (Å²) in [5, 5.41) is 6.90. The van der Waals surface area contributed by atoms with Crippen LogP contribution in [0.3, 0.4) is 0 Å². The van der Waals surface area contributed by atoms with Gasteiger partial charge in [-0.2, -0.15) is 0 Å². The van der Waals surface area contributed by atoms with Crippen LogP contribution < -0.4 is 15.4 Å². The Morgan fingerprint density at radius 1 is 1.32 bits per heavy atom. The van der Waals surface area contributed by atoms with E-state index in [0.29, 0.717) is 46.6 Å². The van der Waals surface area contributed by atoms with Crippen molar-refractivity contribution in [2.75, 3.05) is 32.7 Å². The lowest BCUT2D eigenvalue weighted by Crippen LogP contribution is -2.36. The minimum Gasteiger partial charge on any atom is -0.493 e. The number of para-hydroxylation sites is 1. The zero-order chi connectivity index (χ0) is 22.0. The molecular weight excluding hydrogens is 418 g/mol. The second-order valence-corrected chi connectivity index (χ2v) is 7.68. The zero-order valence-corrected chi connectivity index (χ0v) is 18.4. The van der Waals surface area contributed by atoms with Crippen molar-refractivity contribution in [2.45, 2.75) is 12.3 Å². The summed E-state index contributed by atoms with van der Waals surface area (Å²) in [5.41, 5.74) is 4.33. The van der Waals surface area contributed by atoms with E-state index >= 15 is 0 Å². The molecule has 1 aliphatic heterocycles. The quantitative estimate of drug-likeness (QED) is 0.580. The van der Waals surface area contributed by atoms with E-state index in [1.54, 1.807) is 26.5 Å². The topological polar surface area (TPSA) is 90.3 Å². The maximum Gasteiger partial charge on any atom is 0.255 e. The van der Waals surface area contributed by atoms with Crippen LogP contribution in [-0.2, 0) is 11.8 Å². The molecule has 0 fully saturated rings. The number of hydrogen-bond acceptors (Lipinski definition) is 6. The van der Waals surface area contributed by atoms with Crippen molar-refractivity contribution in [3.05, 3.63) is 53.1 Å². The number of ether oxygens (including phenoxy) is 2. The molecule has 2 aromatic heterocycles. The first-order valence-corrected chi connectivity index (χ1v) is 10.3. The highest BCUT2D eigenvalue weighted by molar-refractivity contribution is 6.32. The molecule has 162 valence electrons. The van der Waals surface area contributed by atoms with Crippen molar-refractivity contribution in [1.82, 2.24) is 19.9 Å². The highest BCUT2D eigenvalue weighted by atomic mass is 35.5. The highest BCUT2D eigenvalue weighted by Crippen LogP contribution is 2.44. The molecule has 0 saturated heterocycles. The summed E-state index contributed by atoms with van der Waals surface area (Å²) >= 11 is 6.33. The first-order chi connectivity index (χ1) is 15.1. The fourth-order valence-corrected chi connectivity index (χ4v) is 4.36. The number of rotatable bonds is 7. The lowest BCUT2D eigenvalue weighted by atomic mass is 9.93. The summed E-state index contributed by atoms with van der Waals surface area (Å²) in [6, 6.07) is 7.26. The van der Waals surface area contributed by atoms with E-state index in [-0.39, 0.29) is 11.8 Å². The third kappa shape index (κ3) is 3.84. The fourth-order valence-electron chi connectivity index (χ4n) is 4.11. The molecule has 4 rings (SSSR count). The van der Waals surface area contributed by atoms with Crippen LogP contribution in [-0.4, -0.2) is 47.8 Å². The number of halogens is 1. The molecular formula is C22H24ClN5O3. The number of nitrogens with zero attached hydrogens (tertiary/aromatic N) is 3. The van der Waals surface area contributed by atoms with Gasteiger partial charge in [-0.05, 0) is 24.6 Å². The monoisotopic (exact) mass is 441 g/mol. The smallest absolute Gasteiger partial charge is 0.255 e. The predicted octanol–water partition coefficient (Wildman–Crippen LogP) is 3.75. The second-order valence-electron chi connectivity index (χ2n) is 7.27. The molecule has 3 aromatic rings. The Kier molecular flexibility index (Phi) is 6.11. The Morgan fingerprint density at radius 2 is 2.16 bits per heavy atom. The number of methoxy groups -OCH3 is 2. The van der Waals surface area contributed by atoms with E-state index in [0.717, 1.165) is 17.8 Å². The van der Waals surface area contributed by atoms with Crippen LogP contribution in [0.15, 0.2) is 36.8 Å². The molecule has 8 nitrogen and oxygen atoms in total. The highest BCUT2D eigenvalue weighted by Gasteiger charge is 2.35. The second kappa shape index (κ2) is 8.95. The van der Waals surface area contributed by atoms with Gasteiger partial charge in [0.05, 0.1) is 40.5 Å². The number of nitrogens with one attached hydrogen (secondary N) is 2. The molecule has 3 heterocycles. The fraction of sp³-hybridized carbons (Fsp3) is 0.318. The van der Waals surface area contributed by atoms with Crippen LogP contribution in [0.4, 0.5) is 11.4 Å². The molecule has 0 bridgehead atoms. The lowest BCUT2D eigenvalue weighted by Gasteiger charge is -2.25. The summed E-state index contributed by atoms with van der Waals surface area (Å²) in [6.07, 6.45) is 3.96. The van der Waals surface area contributed by atoms with E-state index in [1.807, 2.05) is 29.8 Å². The number of anilines is 2. The maximum atomic E-state index is 13.0. The number of carbonyl (C=O) groups excluding carboxylic acids is 1. The number of benzene rings is 1. The van der Waals surface area contributed by atoms with Gasteiger partial charge in [-0.15, -0.1) is 0 Å². The van der Waals surface area contributed by atoms with E-state index in [9.17, 15) is 4.79 Å². The average Bonchev–Trinajstić information content (AvgIpc) is 3.07. The number of aromatic nitrogens is 3. The molecule has 0 aliphatic carbocycles. The first kappa shape index (κ1) is 21.1. The van der Waals surface area contributed by atoms with Crippen LogP contribution >= 0.6 is 11.6 Å². The molecule has 0 saturated carbocycles. The third-order valence-electron chi connectivity index (χ3n) is 5.49. The summed E-state index contributed by atoms with van der Waals surface area (Å²) in [4.78, 5) is 21.5. The summed E-state index contributed by atoms with van der Waals surface area (Å²) < 4.78 is 12.8. The minimum absolute atomic E-state index is 0.107. The van der Waals surface area contributed by atoms with Crippen molar-refractivity contribution >= 4 is 28.9 Å². The number of carbonyl (C=O) groups is 1. The molecule has 31 heavy (non-hydrogen) atoms. The van der Waals surface area contributed by atoms with Crippen molar-refractivity contribution in [3.63, 3.8) is 0 Å². The van der Waals surface area contributed by atoms with E-state index in [4.69, 9.17) is 21.1 Å². The van der Waals surface area contributed by atoms with E-state index < -0.39 is 0 Å². The van der Waals surface area contributed by atoms with Gasteiger partial charge in [-0.1, -0.05) is 17.7 Å². The molecule has 1 aromatic carbocycles. The van der Waals surface area contributed by atoms with Crippen molar-refractivity contribution in [2.24, 2.45) is 7.05 Å². The van der Waals surface area contributed by atoms with Crippen molar-refractivity contribution in [1.29, 1.82) is 0 Å². The van der Waals surface area contributed by atoms with Crippen molar-refractivity contribution in [3.8, 4) is 17.1 Å². The summed E-state index contributed by atoms with van der Waals surface area (Å²) in [6.45, 7) is 1.15. The molecule has 1 amide bonds. The van der Waals surface area contributed by atoms with Gasteiger partial charge < -0.3 is 24.7 Å². The molecule has 1 atom stereocenters. The largest absolute Gasteiger partial charge is 0.493 e. The summed E-state index contributed by atoms with van der Waals surface area (Å²) in [5.74, 6) is 0.473. The molecule has 9 heteroatoms. The number of fused-ring (bicyclic) bond motifs is 1. The van der Waals surface area contributed by atoms with Gasteiger partial charge in [-0.3, -0.25) is 4.79 Å². The minimum atomic E-state index is -0.136. The molecule has 0 radical (unpaired) electrons. The molecule has 0 unspecified atom stereocenters. The Bertz CT molecular complexity index is 1100. The van der Waals surface area contributed by atoms with Gasteiger partial charge >= 0.3 is 0 Å². The Morgan fingerprint density at radius 3 is 2.87 bits per heavy atom. The summed E-state index contributed by atoms with van der Waals surface area (Å²) in [7, 11) is 5.19.